The van der Waals surface area contributed by atoms with Crippen molar-refractivity contribution in [3.05, 3.63) is 356 Å². The Bertz CT molecular complexity index is 8030. The number of aryl methyl sites for hydroxylation is 2. The quantitative estimate of drug-likeness (QED) is 0.0356. The maximum absolute atomic E-state index is 14.1. The van der Waals surface area contributed by atoms with Crippen LogP contribution >= 0.6 is 0 Å². The van der Waals surface area contributed by atoms with Crippen LogP contribution in [0.15, 0.2) is 242 Å². The van der Waals surface area contributed by atoms with Crippen LogP contribution < -0.4 is 57.1 Å². The van der Waals surface area contributed by atoms with Crippen molar-refractivity contribution < 1.29 is 31.4 Å². The van der Waals surface area contributed by atoms with Crippen LogP contribution in [0.5, 0.6) is 0 Å². The zero-order valence-corrected chi connectivity index (χ0v) is 66.1. The van der Waals surface area contributed by atoms with Crippen LogP contribution in [0, 0.1) is 43.7 Å². The number of aromatic nitrogens is 20. The van der Waals surface area contributed by atoms with Crippen molar-refractivity contribution in [2.75, 3.05) is 28.7 Å². The highest BCUT2D eigenvalue weighted by atomic mass is 32.2. The first-order chi connectivity index (χ1) is 59.8. The summed E-state index contributed by atoms with van der Waals surface area (Å²) < 4.78 is 90.9. The van der Waals surface area contributed by atoms with Crippen LogP contribution in [-0.4, -0.2) is 110 Å². The highest BCUT2D eigenvalue weighted by Gasteiger charge is 2.24. The molecule has 0 saturated heterocycles. The van der Waals surface area contributed by atoms with Gasteiger partial charge in [0.15, 0.2) is 34.8 Å². The third kappa shape index (κ3) is 15.8. The van der Waals surface area contributed by atoms with Gasteiger partial charge in [-0.05, 0) is 138 Å². The van der Waals surface area contributed by atoms with Crippen molar-refractivity contribution in [1.82, 2.24) is 95.8 Å². The Morgan fingerprint density at radius 1 is 0.363 bits per heavy atom. The average Bonchev–Trinajstić information content (AvgIpc) is 1.62. The zero-order valence-electron chi connectivity index (χ0n) is 65.2. The van der Waals surface area contributed by atoms with E-state index in [4.69, 9.17) is 35.2 Å². The summed E-state index contributed by atoms with van der Waals surface area (Å²) >= 11 is -2.22. The van der Waals surface area contributed by atoms with Crippen molar-refractivity contribution >= 4 is 129 Å². The lowest BCUT2D eigenvalue weighted by atomic mass is 10.1. The fraction of sp³-hybridized carbons (Fsp3) is 0.106. The minimum absolute atomic E-state index is 0.0689. The lowest BCUT2D eigenvalue weighted by Gasteiger charge is -2.10. The molecule has 1 atom stereocenters. The molecular weight excluding hydrogens is 1620 g/mol. The van der Waals surface area contributed by atoms with E-state index in [0.717, 1.165) is 38.2 Å². The molecule has 0 fully saturated rings. The monoisotopic (exact) mass is 1690 g/mol. The molecule has 0 bridgehead atoms. The summed E-state index contributed by atoms with van der Waals surface area (Å²) in [5.41, 5.74) is 39.8. The molecule has 0 aliphatic heterocycles. The van der Waals surface area contributed by atoms with Crippen molar-refractivity contribution in [2.45, 2.75) is 58.9 Å². The summed E-state index contributed by atoms with van der Waals surface area (Å²) in [5.74, 6) is -2.37. The standard InChI is InChI=1S/2C17H13F2N5O.C17H12N6O.C17H15N5O3S.C17H15N5O2/c1-9-5-6-13-14(7-9)24-16(15(20)21-13)22-23(17(24)25)8-10-11(18)3-2-4-12(10)19;1-9-6-11(18)10(12(19)7-9)8-23-17(25)24-14-5-3-2-4-13(14)21-15(20)16(24)22-23;1-19-12-7-3-2-6-11(12)10-22-17(24)23-14-9-5-4-8-13(14)20-15(18)16(23)21-22;18-15-16-20-21(9-11-5-1-2-6-12(11)10-26(24)25)17(23)22(16)14-8-4-3-7-13(14)19-15;18-15-16-20-21(9-11-4-2-1-3-5-11)17(24)22(16)14-7-6-12(10-23)8-13(14)19-15/h2*2-7H,8H2,1H3,(H2,20,21);2-9H,10H2,(H2,18,20);1-8H,9-10H2,(H2,18,19)(H,24,25);1-8,23H,9-10H2,(H2,18,19)/p-1. The molecule has 34 nitrogen and oxygen atoms in total. The second-order valence-corrected chi connectivity index (χ2v) is 29.2. The van der Waals surface area contributed by atoms with Gasteiger partial charge in [-0.3, -0.25) is 4.21 Å². The molecule has 39 heteroatoms. The normalized spacial score (nSPS) is 11.6. The third-order valence-electron chi connectivity index (χ3n) is 20.0. The van der Waals surface area contributed by atoms with Gasteiger partial charge in [0, 0.05) is 16.9 Å². The Labute approximate surface area is 696 Å². The Balaban J connectivity index is 0.000000115. The van der Waals surface area contributed by atoms with Crippen molar-refractivity contribution in [3.8, 4) is 0 Å². The van der Waals surface area contributed by atoms with E-state index in [1.807, 2.05) is 79.7 Å². The zero-order chi connectivity index (χ0) is 87.1. The summed E-state index contributed by atoms with van der Waals surface area (Å²) in [6.45, 7) is 10.6. The smallest absolute Gasteiger partial charge is 0.351 e. The second kappa shape index (κ2) is 33.7. The van der Waals surface area contributed by atoms with Gasteiger partial charge in [0.05, 0.1) is 101 Å². The molecule has 0 amide bonds. The maximum Gasteiger partial charge on any atom is 0.351 e. The number of hydrogen-bond donors (Lipinski definition) is 6. The predicted molar refractivity (Wildman–Crippen MR) is 458 cm³/mol. The number of fused-ring (bicyclic) bond motifs is 15. The first-order valence-corrected chi connectivity index (χ1v) is 38.9. The van der Waals surface area contributed by atoms with Crippen LogP contribution in [0.1, 0.15) is 50.1 Å². The van der Waals surface area contributed by atoms with Crippen molar-refractivity contribution in [3.63, 3.8) is 0 Å². The number of rotatable bonds is 13. The molecule has 10 heterocycles. The van der Waals surface area contributed by atoms with Crippen LogP contribution in [0.25, 0.3) is 88.2 Å². The molecule has 20 rings (SSSR count). The molecule has 0 saturated carbocycles. The van der Waals surface area contributed by atoms with Gasteiger partial charge in [-0.15, -0.1) is 25.5 Å². The number of para-hydroxylation sites is 7. The van der Waals surface area contributed by atoms with Gasteiger partial charge >= 0.3 is 28.4 Å². The topological polar surface area (TPSA) is 456 Å². The van der Waals surface area contributed by atoms with Gasteiger partial charge in [-0.25, -0.2) is 117 Å². The Morgan fingerprint density at radius 2 is 0.726 bits per heavy atom. The lowest BCUT2D eigenvalue weighted by Crippen LogP contribution is -2.23. The van der Waals surface area contributed by atoms with E-state index in [-0.39, 0.29) is 113 Å². The molecule has 0 aliphatic carbocycles. The molecule has 11 N–H and O–H groups in total. The number of hydrogen-bond acceptors (Lipinski definition) is 23. The molecular formula is C85H67F4N26O8S-. The van der Waals surface area contributed by atoms with Gasteiger partial charge < -0.3 is 38.3 Å². The van der Waals surface area contributed by atoms with Gasteiger partial charge in [-0.1, -0.05) is 145 Å². The summed E-state index contributed by atoms with van der Waals surface area (Å²) in [5, 5.41) is 30.4. The molecule has 124 heavy (non-hydrogen) atoms. The van der Waals surface area contributed by atoms with Crippen molar-refractivity contribution in [2.24, 2.45) is 0 Å². The number of nitrogens with zero attached hydrogens (tertiary/aromatic N) is 21. The number of anilines is 5. The van der Waals surface area contributed by atoms with E-state index in [1.165, 1.54) is 54.2 Å². The number of aliphatic hydroxyl groups excluding tert-OH is 1. The van der Waals surface area contributed by atoms with Gasteiger partial charge in [-0.2, -0.15) is 0 Å². The Morgan fingerprint density at radius 3 is 1.18 bits per heavy atom. The Hall–Kier alpha value is -16.5. The third-order valence-corrected chi connectivity index (χ3v) is 20.6. The highest BCUT2D eigenvalue weighted by Crippen LogP contribution is 2.27. The van der Waals surface area contributed by atoms with Gasteiger partial charge in [0.25, 0.3) is 0 Å². The van der Waals surface area contributed by atoms with Gasteiger partial charge in [0.1, 0.15) is 23.3 Å². The maximum atomic E-state index is 14.1. The van der Waals surface area contributed by atoms with E-state index in [2.05, 4.69) is 55.3 Å². The summed E-state index contributed by atoms with van der Waals surface area (Å²) in [6.07, 6.45) is 0. The van der Waals surface area contributed by atoms with Gasteiger partial charge in [0.2, 0.25) is 28.2 Å². The first-order valence-electron chi connectivity index (χ1n) is 37.7. The predicted octanol–water partition coefficient (Wildman–Crippen LogP) is 8.97. The summed E-state index contributed by atoms with van der Waals surface area (Å²) in [4.78, 5) is 88.8. The second-order valence-electron chi connectivity index (χ2n) is 28.3. The summed E-state index contributed by atoms with van der Waals surface area (Å²) in [6, 6.07) is 61.7. The van der Waals surface area contributed by atoms with E-state index >= 15 is 0 Å². The van der Waals surface area contributed by atoms with Crippen LogP contribution in [0.4, 0.5) is 52.3 Å². The fourth-order valence-corrected chi connectivity index (χ4v) is 14.7. The summed E-state index contributed by atoms with van der Waals surface area (Å²) in [7, 11) is 0. The van der Waals surface area contributed by atoms with E-state index in [0.29, 0.717) is 101 Å². The number of benzene rings is 10. The minimum Gasteiger partial charge on any atom is -0.772 e. The molecule has 0 aliphatic rings. The van der Waals surface area contributed by atoms with Crippen LogP contribution in [0.2, 0.25) is 0 Å². The molecule has 0 radical (unpaired) electrons. The van der Waals surface area contributed by atoms with Crippen LogP contribution in [0.3, 0.4) is 0 Å². The fourth-order valence-electron chi connectivity index (χ4n) is 14.1. The first kappa shape index (κ1) is 81.3. The number of nitrogen functional groups attached to an aromatic ring is 5. The minimum atomic E-state index is -2.22. The highest BCUT2D eigenvalue weighted by molar-refractivity contribution is 7.78. The molecule has 1 unspecified atom stereocenters. The Kier molecular flexibility index (Phi) is 22.1. The number of aliphatic hydroxyl groups is 1. The molecule has 620 valence electrons. The largest absolute Gasteiger partial charge is 0.772 e. The average molecular weight is 1690 g/mol. The van der Waals surface area contributed by atoms with E-state index < -0.39 is 45.7 Å². The van der Waals surface area contributed by atoms with Crippen LogP contribution in [-0.2, 0) is 56.2 Å². The lowest BCUT2D eigenvalue weighted by molar-refractivity contribution is 0.282. The molecule has 20 aromatic rings. The SMILES string of the molecule is Cc1cc(F)c(Cn2nc3c(N)nc4ccccc4n3c2=O)c(F)c1.Cc1ccc2nc(N)c3nn(Cc4c(F)cccc4F)c(=O)n3c2c1.Nc1nc2cc(CO)ccc2n2c(=O)n(Cc3ccccc3)nc12.Nc1nc2ccccc2n2c(=O)n(Cc3ccccc3CS(=O)[O-])nc12.[C-]#[N+]c1ccccc1Cn1nc2c(N)nc3ccccc3n2c1=O. The number of halogens is 4. The molecule has 10 aromatic carbocycles. The van der Waals surface area contributed by atoms with E-state index in [9.17, 15) is 55.4 Å². The number of nitrogens with two attached hydrogens (primary N) is 5. The van der Waals surface area contributed by atoms with Crippen molar-refractivity contribution in [1.29, 1.82) is 0 Å². The molecule has 0 spiro atoms. The van der Waals surface area contributed by atoms with E-state index in [1.54, 1.807) is 122 Å². The molecule has 10 aromatic heterocycles.